The van der Waals surface area contributed by atoms with Gasteiger partial charge in [-0.2, -0.15) is 0 Å². The molecule has 0 aliphatic rings. The Bertz CT molecular complexity index is 798. The second kappa shape index (κ2) is 9.18. The number of carbonyl (C=O) groups excluding carboxylic acids is 1. The van der Waals surface area contributed by atoms with Crippen molar-refractivity contribution >= 4 is 5.97 Å². The monoisotopic (exact) mass is 384 g/mol. The van der Waals surface area contributed by atoms with Crippen molar-refractivity contribution in [2.75, 3.05) is 0 Å². The standard InChI is InChI=1S/C19H16F4O4/c1-2-3-10-25-15-7-4-13(5-8-15)18(24)27-16-9-6-14(17(20)11-16)12-26-19(21,22)23/h3-11H,2,12H2,1H3/b10-3+. The molecule has 27 heavy (non-hydrogen) atoms. The molecule has 0 aliphatic carbocycles. The quantitative estimate of drug-likeness (QED) is 0.278. The third-order valence-electron chi connectivity index (χ3n) is 3.25. The van der Waals surface area contributed by atoms with Gasteiger partial charge in [0.05, 0.1) is 18.4 Å². The Hall–Kier alpha value is -2.87. The summed E-state index contributed by atoms with van der Waals surface area (Å²) in [6, 6.07) is 9.13. The van der Waals surface area contributed by atoms with E-state index in [0.29, 0.717) is 5.75 Å². The van der Waals surface area contributed by atoms with E-state index in [9.17, 15) is 22.4 Å². The maximum Gasteiger partial charge on any atom is 0.522 e. The van der Waals surface area contributed by atoms with Gasteiger partial charge in [0.15, 0.2) is 0 Å². The predicted molar refractivity (Wildman–Crippen MR) is 88.7 cm³/mol. The lowest BCUT2D eigenvalue weighted by atomic mass is 10.2. The van der Waals surface area contributed by atoms with Crippen LogP contribution in [0.1, 0.15) is 29.3 Å². The van der Waals surface area contributed by atoms with E-state index in [1.807, 2.05) is 13.0 Å². The van der Waals surface area contributed by atoms with Crippen molar-refractivity contribution in [3.05, 3.63) is 71.7 Å². The molecule has 0 aromatic heterocycles. The molecule has 0 amide bonds. The Morgan fingerprint density at radius 2 is 1.74 bits per heavy atom. The van der Waals surface area contributed by atoms with Crippen molar-refractivity contribution in [3.8, 4) is 11.5 Å². The van der Waals surface area contributed by atoms with Crippen LogP contribution in [0.4, 0.5) is 17.6 Å². The van der Waals surface area contributed by atoms with Crippen LogP contribution < -0.4 is 9.47 Å². The molecule has 0 radical (unpaired) electrons. The highest BCUT2D eigenvalue weighted by molar-refractivity contribution is 5.91. The number of alkyl halides is 3. The van der Waals surface area contributed by atoms with Crippen molar-refractivity contribution in [3.63, 3.8) is 0 Å². The normalized spacial score (nSPS) is 11.6. The van der Waals surface area contributed by atoms with Crippen LogP contribution in [0, 0.1) is 5.82 Å². The van der Waals surface area contributed by atoms with Gasteiger partial charge in [-0.05, 0) is 42.8 Å². The minimum atomic E-state index is -4.86. The van der Waals surface area contributed by atoms with Gasteiger partial charge in [-0.15, -0.1) is 13.2 Å². The molecule has 8 heteroatoms. The minimum absolute atomic E-state index is 0.139. The largest absolute Gasteiger partial charge is 0.522 e. The molecule has 4 nitrogen and oxygen atoms in total. The second-order valence-electron chi connectivity index (χ2n) is 5.30. The Morgan fingerprint density at radius 3 is 2.33 bits per heavy atom. The zero-order valence-corrected chi connectivity index (χ0v) is 14.3. The molecule has 0 aliphatic heterocycles. The zero-order valence-electron chi connectivity index (χ0n) is 14.3. The number of halogens is 4. The summed E-state index contributed by atoms with van der Waals surface area (Å²) in [6.45, 7) is 0.981. The first-order chi connectivity index (χ1) is 12.8. The number of benzene rings is 2. The van der Waals surface area contributed by atoms with Gasteiger partial charge in [0, 0.05) is 11.6 Å². The van der Waals surface area contributed by atoms with Gasteiger partial charge in [-0.1, -0.05) is 13.0 Å². The lowest BCUT2D eigenvalue weighted by Crippen LogP contribution is -2.13. The maximum absolute atomic E-state index is 13.8. The van der Waals surface area contributed by atoms with Crippen LogP contribution in [0.5, 0.6) is 11.5 Å². The topological polar surface area (TPSA) is 44.8 Å². The van der Waals surface area contributed by atoms with Gasteiger partial charge < -0.3 is 9.47 Å². The molecule has 2 rings (SSSR count). The highest BCUT2D eigenvalue weighted by Crippen LogP contribution is 2.23. The van der Waals surface area contributed by atoms with Gasteiger partial charge in [-0.3, -0.25) is 4.74 Å². The smallest absolute Gasteiger partial charge is 0.465 e. The third kappa shape index (κ3) is 6.74. The summed E-state index contributed by atoms with van der Waals surface area (Å²) in [5.74, 6) is -1.34. The van der Waals surface area contributed by atoms with E-state index < -0.39 is 24.8 Å². The van der Waals surface area contributed by atoms with Crippen LogP contribution in [0.2, 0.25) is 0 Å². The molecule has 0 unspecified atom stereocenters. The van der Waals surface area contributed by atoms with Crippen LogP contribution in [-0.4, -0.2) is 12.3 Å². The van der Waals surface area contributed by atoms with Gasteiger partial charge in [0.25, 0.3) is 0 Å². The summed E-state index contributed by atoms with van der Waals surface area (Å²) >= 11 is 0. The second-order valence-corrected chi connectivity index (χ2v) is 5.30. The third-order valence-corrected chi connectivity index (χ3v) is 3.25. The minimum Gasteiger partial charge on any atom is -0.465 e. The van der Waals surface area contributed by atoms with Crippen LogP contribution in [0.15, 0.2) is 54.8 Å². The number of hydrogen-bond donors (Lipinski definition) is 0. The number of hydrogen-bond acceptors (Lipinski definition) is 4. The molecular weight excluding hydrogens is 368 g/mol. The Morgan fingerprint density at radius 1 is 1.07 bits per heavy atom. The van der Waals surface area contributed by atoms with Crippen molar-refractivity contribution in [2.45, 2.75) is 26.3 Å². The summed E-state index contributed by atoms with van der Waals surface area (Å²) in [5.41, 5.74) is -0.111. The van der Waals surface area contributed by atoms with E-state index >= 15 is 0 Å². The summed E-state index contributed by atoms with van der Waals surface area (Å²) < 4.78 is 63.7. The fraction of sp³-hybridized carbons (Fsp3) is 0.211. The predicted octanol–water partition coefficient (Wildman–Crippen LogP) is 5.38. The van der Waals surface area contributed by atoms with E-state index in [-0.39, 0.29) is 16.9 Å². The van der Waals surface area contributed by atoms with Gasteiger partial charge >= 0.3 is 12.3 Å². The van der Waals surface area contributed by atoms with E-state index in [0.717, 1.165) is 18.6 Å². The lowest BCUT2D eigenvalue weighted by Gasteiger charge is -2.10. The highest BCUT2D eigenvalue weighted by Gasteiger charge is 2.29. The molecule has 0 atom stereocenters. The van der Waals surface area contributed by atoms with E-state index in [1.54, 1.807) is 12.1 Å². The summed E-state index contributed by atoms with van der Waals surface area (Å²) in [4.78, 5) is 12.1. The average molecular weight is 384 g/mol. The maximum atomic E-state index is 13.8. The number of ether oxygens (including phenoxy) is 3. The summed E-state index contributed by atoms with van der Waals surface area (Å²) in [5, 5.41) is 0. The molecule has 144 valence electrons. The van der Waals surface area contributed by atoms with Crippen LogP contribution >= 0.6 is 0 Å². The first-order valence-electron chi connectivity index (χ1n) is 7.91. The van der Waals surface area contributed by atoms with Crippen LogP contribution in [-0.2, 0) is 11.3 Å². The average Bonchev–Trinajstić information content (AvgIpc) is 2.61. The summed E-state index contributed by atoms with van der Waals surface area (Å²) in [6.07, 6.45) is -0.692. The molecular formula is C19H16F4O4. The number of rotatable bonds is 7. The fourth-order valence-corrected chi connectivity index (χ4v) is 1.93. The molecule has 0 saturated heterocycles. The van der Waals surface area contributed by atoms with Crippen LogP contribution in [0.25, 0.3) is 0 Å². The molecule has 0 N–H and O–H groups in total. The molecule has 0 spiro atoms. The van der Waals surface area contributed by atoms with E-state index in [2.05, 4.69) is 4.74 Å². The number of esters is 1. The van der Waals surface area contributed by atoms with E-state index in [4.69, 9.17) is 9.47 Å². The molecule has 0 bridgehead atoms. The fourth-order valence-electron chi connectivity index (χ4n) is 1.93. The zero-order chi connectivity index (χ0) is 19.9. The lowest BCUT2D eigenvalue weighted by molar-refractivity contribution is -0.330. The first-order valence-corrected chi connectivity index (χ1v) is 7.91. The van der Waals surface area contributed by atoms with Gasteiger partial charge in [0.2, 0.25) is 0 Å². The summed E-state index contributed by atoms with van der Waals surface area (Å²) in [7, 11) is 0. The Labute approximate surface area is 153 Å². The molecule has 0 heterocycles. The molecule has 0 saturated carbocycles. The SMILES string of the molecule is CC/C=C/Oc1ccc(C(=O)Oc2ccc(COC(F)(F)F)c(F)c2)cc1. The van der Waals surface area contributed by atoms with Crippen LogP contribution in [0.3, 0.4) is 0 Å². The highest BCUT2D eigenvalue weighted by atomic mass is 19.4. The van der Waals surface area contributed by atoms with Gasteiger partial charge in [0.1, 0.15) is 17.3 Å². The molecule has 2 aromatic carbocycles. The van der Waals surface area contributed by atoms with Crippen molar-refractivity contribution < 1.29 is 36.6 Å². The van der Waals surface area contributed by atoms with Gasteiger partial charge in [-0.25, -0.2) is 9.18 Å². The number of allylic oxidation sites excluding steroid dienone is 1. The molecule has 0 fully saturated rings. The van der Waals surface area contributed by atoms with Crippen molar-refractivity contribution in [1.29, 1.82) is 0 Å². The van der Waals surface area contributed by atoms with E-state index in [1.165, 1.54) is 24.5 Å². The Balaban J connectivity index is 1.99. The van der Waals surface area contributed by atoms with Crippen molar-refractivity contribution in [2.24, 2.45) is 0 Å². The van der Waals surface area contributed by atoms with Crippen molar-refractivity contribution in [1.82, 2.24) is 0 Å². The number of carbonyl (C=O) groups is 1. The molecule has 2 aromatic rings. The first kappa shape index (κ1) is 20.4. The Kier molecular flexibility index (Phi) is 6.95.